The Labute approximate surface area is 214 Å². The van der Waals surface area contributed by atoms with Gasteiger partial charge in [0.25, 0.3) is 5.91 Å². The van der Waals surface area contributed by atoms with Crippen molar-refractivity contribution in [3.05, 3.63) is 82.7 Å². The van der Waals surface area contributed by atoms with Crippen LogP contribution < -0.4 is 5.32 Å². The number of aryl methyl sites for hydroxylation is 1. The van der Waals surface area contributed by atoms with Crippen LogP contribution in [0.2, 0.25) is 0 Å². The normalized spacial score (nSPS) is 13.2. The van der Waals surface area contributed by atoms with Gasteiger partial charge < -0.3 is 20.6 Å². The Morgan fingerprint density at radius 2 is 1.84 bits per heavy atom. The minimum Gasteiger partial charge on any atom is -0.481 e. The van der Waals surface area contributed by atoms with Gasteiger partial charge in [0.2, 0.25) is 0 Å². The number of nitrogens with one attached hydrogen (secondary N) is 1. The highest BCUT2D eigenvalue weighted by Crippen LogP contribution is 2.28. The molecule has 0 aliphatic carbocycles. The maximum absolute atomic E-state index is 13.6. The van der Waals surface area contributed by atoms with Gasteiger partial charge in [-0.3, -0.25) is 14.6 Å². The minimum atomic E-state index is -1.22. The second kappa shape index (κ2) is 12.4. The standard InChI is InChI=1S/C27H31FN4O5/c1-16(2)25-23(11-10-21(33)12-22(34)13-24(35)36)32(20-8-6-19(28)7-9-20)31-26(25)27(37)30-15-18-5-4-17(3)29-14-18/h4-11,14,16,21-22,33-34H,12-13,15H2,1-3H3,(H,30,37)(H,35,36). The van der Waals surface area contributed by atoms with E-state index in [0.717, 1.165) is 11.3 Å². The van der Waals surface area contributed by atoms with Crippen molar-refractivity contribution in [1.29, 1.82) is 0 Å². The number of hydrogen-bond acceptors (Lipinski definition) is 6. The maximum Gasteiger partial charge on any atom is 0.305 e. The SMILES string of the molecule is Cc1ccc(CNC(=O)c2nn(-c3ccc(F)cc3)c(C=CC(O)CC(O)CC(=O)O)c2C(C)C)cn1. The largest absolute Gasteiger partial charge is 0.481 e. The van der Waals surface area contributed by atoms with Gasteiger partial charge in [-0.05, 0) is 54.8 Å². The predicted molar refractivity (Wildman–Crippen MR) is 136 cm³/mol. The molecule has 3 aromatic rings. The summed E-state index contributed by atoms with van der Waals surface area (Å²) in [5.74, 6) is -2.15. The third-order valence-electron chi connectivity index (χ3n) is 5.65. The number of benzene rings is 1. The van der Waals surface area contributed by atoms with E-state index in [-0.39, 0.29) is 24.6 Å². The van der Waals surface area contributed by atoms with E-state index < -0.39 is 36.3 Å². The molecule has 2 atom stereocenters. The average Bonchev–Trinajstić information content (AvgIpc) is 3.22. The molecule has 0 saturated carbocycles. The molecule has 1 aromatic carbocycles. The van der Waals surface area contributed by atoms with E-state index in [4.69, 9.17) is 5.11 Å². The van der Waals surface area contributed by atoms with Gasteiger partial charge in [-0.1, -0.05) is 26.0 Å². The molecule has 0 spiro atoms. The van der Waals surface area contributed by atoms with E-state index in [1.165, 1.54) is 35.0 Å². The third kappa shape index (κ3) is 7.55. The molecule has 0 aliphatic rings. The van der Waals surface area contributed by atoms with E-state index in [2.05, 4.69) is 15.4 Å². The predicted octanol–water partition coefficient (Wildman–Crippen LogP) is 3.37. The summed E-state index contributed by atoms with van der Waals surface area (Å²) in [6, 6.07) is 9.33. The van der Waals surface area contributed by atoms with Gasteiger partial charge >= 0.3 is 5.97 Å². The topological polar surface area (TPSA) is 138 Å². The first-order valence-corrected chi connectivity index (χ1v) is 11.9. The highest BCUT2D eigenvalue weighted by atomic mass is 19.1. The molecule has 196 valence electrons. The van der Waals surface area contributed by atoms with Crippen LogP contribution in [0, 0.1) is 12.7 Å². The van der Waals surface area contributed by atoms with E-state index in [1.807, 2.05) is 32.9 Å². The molecule has 37 heavy (non-hydrogen) atoms. The quantitative estimate of drug-likeness (QED) is 0.310. The molecule has 2 heterocycles. The number of carboxylic acids is 1. The summed E-state index contributed by atoms with van der Waals surface area (Å²) >= 11 is 0. The van der Waals surface area contributed by atoms with Crippen molar-refractivity contribution in [2.75, 3.05) is 0 Å². The Morgan fingerprint density at radius 1 is 1.14 bits per heavy atom. The molecule has 0 fully saturated rings. The number of nitrogens with zero attached hydrogens (tertiary/aromatic N) is 3. The van der Waals surface area contributed by atoms with Gasteiger partial charge in [0.1, 0.15) is 5.82 Å². The second-order valence-corrected chi connectivity index (χ2v) is 9.09. The van der Waals surface area contributed by atoms with Gasteiger partial charge in [0, 0.05) is 30.4 Å². The molecular formula is C27H31FN4O5. The number of carbonyl (C=O) groups excluding carboxylic acids is 1. The number of halogens is 1. The van der Waals surface area contributed by atoms with Gasteiger partial charge in [-0.25, -0.2) is 9.07 Å². The van der Waals surface area contributed by atoms with Crippen molar-refractivity contribution in [3.8, 4) is 5.69 Å². The zero-order valence-electron chi connectivity index (χ0n) is 20.9. The Balaban J connectivity index is 1.96. The number of amides is 1. The summed E-state index contributed by atoms with van der Waals surface area (Å²) in [5.41, 5.74) is 3.48. The average molecular weight is 511 g/mol. The molecule has 4 N–H and O–H groups in total. The van der Waals surface area contributed by atoms with Crippen LogP contribution in [0.5, 0.6) is 0 Å². The number of rotatable bonds is 11. The van der Waals surface area contributed by atoms with Gasteiger partial charge in [0.05, 0.1) is 30.0 Å². The maximum atomic E-state index is 13.6. The fourth-order valence-corrected chi connectivity index (χ4v) is 3.83. The molecule has 2 unspecified atom stereocenters. The van der Waals surface area contributed by atoms with Crippen molar-refractivity contribution in [2.45, 2.75) is 58.3 Å². The van der Waals surface area contributed by atoms with Crippen molar-refractivity contribution in [1.82, 2.24) is 20.1 Å². The molecule has 0 radical (unpaired) electrons. The van der Waals surface area contributed by atoms with Crippen molar-refractivity contribution >= 4 is 18.0 Å². The lowest BCUT2D eigenvalue weighted by atomic mass is 9.98. The van der Waals surface area contributed by atoms with Crippen LogP contribution in [0.4, 0.5) is 4.39 Å². The number of aliphatic hydroxyl groups is 2. The number of carbonyl (C=O) groups is 2. The lowest BCUT2D eigenvalue weighted by Crippen LogP contribution is -2.24. The van der Waals surface area contributed by atoms with E-state index in [9.17, 15) is 24.2 Å². The third-order valence-corrected chi connectivity index (χ3v) is 5.65. The molecular weight excluding hydrogens is 479 g/mol. The summed E-state index contributed by atoms with van der Waals surface area (Å²) in [6.45, 7) is 5.92. The molecule has 3 rings (SSSR count). The molecule has 0 saturated heterocycles. The first-order valence-electron chi connectivity index (χ1n) is 11.9. The molecule has 2 aromatic heterocycles. The first-order chi connectivity index (χ1) is 17.5. The zero-order valence-corrected chi connectivity index (χ0v) is 20.9. The van der Waals surface area contributed by atoms with E-state index in [0.29, 0.717) is 16.9 Å². The van der Waals surface area contributed by atoms with Gasteiger partial charge in [-0.15, -0.1) is 0 Å². The molecule has 9 nitrogen and oxygen atoms in total. The summed E-state index contributed by atoms with van der Waals surface area (Å²) < 4.78 is 15.1. The van der Waals surface area contributed by atoms with Crippen molar-refractivity contribution < 1.29 is 29.3 Å². The zero-order chi connectivity index (χ0) is 27.1. The fraction of sp³-hybridized carbons (Fsp3) is 0.333. The fourth-order valence-electron chi connectivity index (χ4n) is 3.83. The van der Waals surface area contributed by atoms with Crippen LogP contribution in [0.15, 0.2) is 48.7 Å². The highest BCUT2D eigenvalue weighted by molar-refractivity contribution is 5.95. The summed E-state index contributed by atoms with van der Waals surface area (Å²) in [5, 5.41) is 36.4. The first kappa shape index (κ1) is 27.7. The minimum absolute atomic E-state index is 0.148. The van der Waals surface area contributed by atoms with Crippen LogP contribution in [0.3, 0.4) is 0 Å². The number of aliphatic hydroxyl groups excluding tert-OH is 2. The number of aliphatic carboxylic acids is 1. The number of pyridine rings is 1. The summed E-state index contributed by atoms with van der Waals surface area (Å²) in [4.78, 5) is 28.3. The number of hydrogen-bond donors (Lipinski definition) is 4. The molecule has 1 amide bonds. The molecule has 0 aliphatic heterocycles. The lowest BCUT2D eigenvalue weighted by Gasteiger charge is -2.12. The van der Waals surface area contributed by atoms with Crippen molar-refractivity contribution in [3.63, 3.8) is 0 Å². The van der Waals surface area contributed by atoms with E-state index >= 15 is 0 Å². The Hall–Kier alpha value is -3.89. The van der Waals surface area contributed by atoms with Gasteiger partial charge in [0.15, 0.2) is 5.69 Å². The number of aromatic nitrogens is 3. The number of carboxylic acid groups (broad SMARTS) is 1. The van der Waals surface area contributed by atoms with Crippen molar-refractivity contribution in [2.24, 2.45) is 0 Å². The Kier molecular flexibility index (Phi) is 9.26. The summed E-state index contributed by atoms with van der Waals surface area (Å²) in [6.07, 6.45) is 1.64. The smallest absolute Gasteiger partial charge is 0.305 e. The van der Waals surface area contributed by atoms with Crippen LogP contribution in [-0.4, -0.2) is 54.2 Å². The lowest BCUT2D eigenvalue weighted by molar-refractivity contribution is -0.139. The van der Waals surface area contributed by atoms with Crippen LogP contribution in [-0.2, 0) is 11.3 Å². The highest BCUT2D eigenvalue weighted by Gasteiger charge is 2.25. The van der Waals surface area contributed by atoms with E-state index in [1.54, 1.807) is 12.3 Å². The Bertz CT molecular complexity index is 1250. The van der Waals surface area contributed by atoms with Crippen LogP contribution >= 0.6 is 0 Å². The molecule has 0 bridgehead atoms. The van der Waals surface area contributed by atoms with Crippen LogP contribution in [0.25, 0.3) is 11.8 Å². The Morgan fingerprint density at radius 3 is 2.43 bits per heavy atom. The monoisotopic (exact) mass is 510 g/mol. The molecule has 10 heteroatoms. The summed E-state index contributed by atoms with van der Waals surface area (Å²) in [7, 11) is 0. The van der Waals surface area contributed by atoms with Crippen LogP contribution in [0.1, 0.15) is 65.6 Å². The second-order valence-electron chi connectivity index (χ2n) is 9.09. The van der Waals surface area contributed by atoms with Gasteiger partial charge in [-0.2, -0.15) is 5.10 Å².